The SMILES string of the molecule is CCCNC(=NCc1ccc(F)cc1CSC)NCC. The number of rotatable bonds is 7. The van der Waals surface area contributed by atoms with Crippen molar-refractivity contribution in [1.29, 1.82) is 0 Å². The van der Waals surface area contributed by atoms with Crippen molar-refractivity contribution in [3.8, 4) is 0 Å². The van der Waals surface area contributed by atoms with E-state index in [0.29, 0.717) is 6.54 Å². The maximum Gasteiger partial charge on any atom is 0.191 e. The van der Waals surface area contributed by atoms with Gasteiger partial charge in [0.1, 0.15) is 5.82 Å². The lowest BCUT2D eigenvalue weighted by molar-refractivity contribution is 0.625. The van der Waals surface area contributed by atoms with Crippen LogP contribution in [0.4, 0.5) is 4.39 Å². The third kappa shape index (κ3) is 5.82. The van der Waals surface area contributed by atoms with Crippen LogP contribution in [0.5, 0.6) is 0 Å². The van der Waals surface area contributed by atoms with Crippen molar-refractivity contribution in [3.05, 3.63) is 35.1 Å². The molecular weight excluding hydrogens is 273 g/mol. The molecule has 0 radical (unpaired) electrons. The number of halogens is 1. The van der Waals surface area contributed by atoms with Gasteiger partial charge < -0.3 is 10.6 Å². The van der Waals surface area contributed by atoms with Crippen LogP contribution in [0.2, 0.25) is 0 Å². The van der Waals surface area contributed by atoms with Crippen molar-refractivity contribution in [2.45, 2.75) is 32.6 Å². The first-order valence-electron chi connectivity index (χ1n) is 6.99. The summed E-state index contributed by atoms with van der Waals surface area (Å²) in [6.07, 6.45) is 3.07. The van der Waals surface area contributed by atoms with E-state index in [4.69, 9.17) is 0 Å². The first kappa shape index (κ1) is 16.8. The van der Waals surface area contributed by atoms with Gasteiger partial charge >= 0.3 is 0 Å². The summed E-state index contributed by atoms with van der Waals surface area (Å²) in [7, 11) is 0. The minimum atomic E-state index is -0.183. The predicted molar refractivity (Wildman–Crippen MR) is 86.7 cm³/mol. The molecule has 0 fully saturated rings. The Morgan fingerprint density at radius 2 is 2.05 bits per heavy atom. The average Bonchev–Trinajstić information content (AvgIpc) is 2.44. The van der Waals surface area contributed by atoms with E-state index in [1.54, 1.807) is 17.8 Å². The van der Waals surface area contributed by atoms with Gasteiger partial charge in [0, 0.05) is 18.8 Å². The highest BCUT2D eigenvalue weighted by Gasteiger charge is 2.04. The lowest BCUT2D eigenvalue weighted by atomic mass is 10.1. The van der Waals surface area contributed by atoms with Crippen LogP contribution in [0, 0.1) is 5.82 Å². The second kappa shape index (κ2) is 9.64. The van der Waals surface area contributed by atoms with Gasteiger partial charge in [0.2, 0.25) is 0 Å². The molecule has 3 nitrogen and oxygen atoms in total. The summed E-state index contributed by atoms with van der Waals surface area (Å²) in [5, 5.41) is 6.47. The molecule has 0 amide bonds. The zero-order valence-electron chi connectivity index (χ0n) is 12.5. The molecule has 112 valence electrons. The topological polar surface area (TPSA) is 36.4 Å². The Bertz CT molecular complexity index is 435. The van der Waals surface area contributed by atoms with Gasteiger partial charge in [0.15, 0.2) is 5.96 Å². The highest BCUT2D eigenvalue weighted by molar-refractivity contribution is 7.97. The molecule has 0 spiro atoms. The lowest BCUT2D eigenvalue weighted by Gasteiger charge is -2.11. The molecule has 0 heterocycles. The number of thioether (sulfide) groups is 1. The van der Waals surface area contributed by atoms with Crippen LogP contribution in [-0.2, 0) is 12.3 Å². The smallest absolute Gasteiger partial charge is 0.191 e. The molecule has 1 aromatic carbocycles. The zero-order chi connectivity index (χ0) is 14.8. The minimum Gasteiger partial charge on any atom is -0.357 e. The van der Waals surface area contributed by atoms with E-state index in [9.17, 15) is 4.39 Å². The molecule has 0 saturated heterocycles. The van der Waals surface area contributed by atoms with Gasteiger partial charge in [-0.05, 0) is 42.9 Å². The van der Waals surface area contributed by atoms with Gasteiger partial charge in [-0.25, -0.2) is 9.38 Å². The molecule has 0 unspecified atom stereocenters. The number of nitrogens with one attached hydrogen (secondary N) is 2. The maximum atomic E-state index is 13.3. The van der Waals surface area contributed by atoms with Crippen molar-refractivity contribution in [2.75, 3.05) is 19.3 Å². The predicted octanol–water partition coefficient (Wildman–Crippen LogP) is 3.15. The molecule has 5 heteroatoms. The molecule has 0 bridgehead atoms. The first-order valence-corrected chi connectivity index (χ1v) is 8.39. The van der Waals surface area contributed by atoms with Crippen LogP contribution in [0.3, 0.4) is 0 Å². The number of nitrogens with zero attached hydrogens (tertiary/aromatic N) is 1. The molecule has 0 saturated carbocycles. The van der Waals surface area contributed by atoms with Crippen molar-refractivity contribution in [3.63, 3.8) is 0 Å². The van der Waals surface area contributed by atoms with Crippen LogP contribution < -0.4 is 10.6 Å². The molecule has 20 heavy (non-hydrogen) atoms. The highest BCUT2D eigenvalue weighted by Crippen LogP contribution is 2.17. The van der Waals surface area contributed by atoms with Crippen LogP contribution in [0.15, 0.2) is 23.2 Å². The summed E-state index contributed by atoms with van der Waals surface area (Å²) in [5.41, 5.74) is 2.10. The highest BCUT2D eigenvalue weighted by atomic mass is 32.2. The fourth-order valence-electron chi connectivity index (χ4n) is 1.79. The number of hydrogen-bond donors (Lipinski definition) is 2. The Hall–Kier alpha value is -1.23. The van der Waals surface area contributed by atoms with E-state index < -0.39 is 0 Å². The van der Waals surface area contributed by atoms with Crippen molar-refractivity contribution in [2.24, 2.45) is 4.99 Å². The summed E-state index contributed by atoms with van der Waals surface area (Å²) in [4.78, 5) is 4.56. The molecule has 0 aliphatic heterocycles. The summed E-state index contributed by atoms with van der Waals surface area (Å²) in [5.74, 6) is 1.44. The van der Waals surface area contributed by atoms with E-state index in [2.05, 4.69) is 22.5 Å². The molecule has 0 aliphatic carbocycles. The zero-order valence-corrected chi connectivity index (χ0v) is 13.3. The van der Waals surface area contributed by atoms with Gasteiger partial charge in [0.25, 0.3) is 0 Å². The summed E-state index contributed by atoms with van der Waals surface area (Å²) >= 11 is 1.69. The van der Waals surface area contributed by atoms with Gasteiger partial charge in [-0.3, -0.25) is 0 Å². The Labute approximate surface area is 125 Å². The Morgan fingerprint density at radius 1 is 1.25 bits per heavy atom. The fourth-order valence-corrected chi connectivity index (χ4v) is 2.37. The van der Waals surface area contributed by atoms with Crippen LogP contribution in [-0.4, -0.2) is 25.3 Å². The fraction of sp³-hybridized carbons (Fsp3) is 0.533. The van der Waals surface area contributed by atoms with Crippen molar-refractivity contribution >= 4 is 17.7 Å². The van der Waals surface area contributed by atoms with Gasteiger partial charge in [-0.15, -0.1) is 0 Å². The summed E-state index contributed by atoms with van der Waals surface area (Å²) in [6, 6.07) is 4.93. The number of guanidine groups is 1. The number of benzene rings is 1. The molecular formula is C15H24FN3S. The molecule has 1 rings (SSSR count). The number of aliphatic imine (C=N–C) groups is 1. The molecule has 0 atom stereocenters. The van der Waals surface area contributed by atoms with E-state index in [0.717, 1.165) is 42.3 Å². The Kier molecular flexibility index (Phi) is 8.11. The second-order valence-electron chi connectivity index (χ2n) is 4.47. The molecule has 1 aromatic rings. The first-order chi connectivity index (χ1) is 9.71. The maximum absolute atomic E-state index is 13.3. The van der Waals surface area contributed by atoms with Crippen LogP contribution >= 0.6 is 11.8 Å². The van der Waals surface area contributed by atoms with Crippen LogP contribution in [0.1, 0.15) is 31.4 Å². The van der Waals surface area contributed by atoms with E-state index in [1.807, 2.05) is 19.2 Å². The largest absolute Gasteiger partial charge is 0.357 e. The summed E-state index contributed by atoms with van der Waals surface area (Å²) in [6.45, 7) is 6.45. The Balaban J connectivity index is 2.78. The third-order valence-corrected chi connectivity index (χ3v) is 3.36. The van der Waals surface area contributed by atoms with Gasteiger partial charge in [-0.2, -0.15) is 11.8 Å². The van der Waals surface area contributed by atoms with E-state index in [1.165, 1.54) is 6.07 Å². The van der Waals surface area contributed by atoms with Gasteiger partial charge in [-0.1, -0.05) is 13.0 Å². The van der Waals surface area contributed by atoms with Gasteiger partial charge in [0.05, 0.1) is 6.54 Å². The molecule has 0 aliphatic rings. The van der Waals surface area contributed by atoms with Crippen molar-refractivity contribution < 1.29 is 4.39 Å². The third-order valence-electron chi connectivity index (χ3n) is 2.76. The second-order valence-corrected chi connectivity index (χ2v) is 5.33. The van der Waals surface area contributed by atoms with E-state index in [-0.39, 0.29) is 5.82 Å². The monoisotopic (exact) mass is 297 g/mol. The molecule has 0 aromatic heterocycles. The standard InChI is InChI=1S/C15H24FN3S/c1-4-8-18-15(17-5-2)19-10-12-6-7-14(16)9-13(12)11-20-3/h6-7,9H,4-5,8,10-11H2,1-3H3,(H2,17,18,19). The average molecular weight is 297 g/mol. The lowest BCUT2D eigenvalue weighted by Crippen LogP contribution is -2.37. The van der Waals surface area contributed by atoms with Crippen molar-refractivity contribution in [1.82, 2.24) is 10.6 Å². The van der Waals surface area contributed by atoms with Crippen LogP contribution in [0.25, 0.3) is 0 Å². The minimum absolute atomic E-state index is 0.183. The number of hydrogen-bond acceptors (Lipinski definition) is 2. The quantitative estimate of drug-likeness (QED) is 0.599. The molecule has 2 N–H and O–H groups in total. The van der Waals surface area contributed by atoms with E-state index >= 15 is 0 Å². The normalized spacial score (nSPS) is 11.5. The Morgan fingerprint density at radius 3 is 2.70 bits per heavy atom. The summed E-state index contributed by atoms with van der Waals surface area (Å²) < 4.78 is 13.3.